The van der Waals surface area contributed by atoms with Gasteiger partial charge < -0.3 is 19.4 Å². The zero-order valence-electron chi connectivity index (χ0n) is 18.7. The molecule has 1 aromatic carbocycles. The van der Waals surface area contributed by atoms with Crippen molar-refractivity contribution in [3.05, 3.63) is 48.1 Å². The molecule has 1 N–H and O–H groups in total. The summed E-state index contributed by atoms with van der Waals surface area (Å²) in [4.78, 5) is 16.6. The van der Waals surface area contributed by atoms with Gasteiger partial charge in [-0.2, -0.15) is 0 Å². The molecule has 0 radical (unpaired) electrons. The highest BCUT2D eigenvalue weighted by Crippen LogP contribution is 2.29. The van der Waals surface area contributed by atoms with Crippen LogP contribution in [0.3, 0.4) is 0 Å². The minimum atomic E-state index is -0.0414. The molecule has 1 amide bonds. The van der Waals surface area contributed by atoms with Crippen LogP contribution in [0.25, 0.3) is 6.08 Å². The summed E-state index contributed by atoms with van der Waals surface area (Å²) in [5, 5.41) is 3.11. The third-order valence-electron chi connectivity index (χ3n) is 5.70. The molecule has 0 spiro atoms. The zero-order valence-corrected chi connectivity index (χ0v) is 19.5. The summed E-state index contributed by atoms with van der Waals surface area (Å²) >= 11 is 0. The average molecular weight is 448 g/mol. The number of methoxy groups -OCH3 is 1. The molecule has 1 saturated carbocycles. The fourth-order valence-electron chi connectivity index (χ4n) is 3.84. The lowest BCUT2D eigenvalue weighted by Gasteiger charge is -2.26. The molecule has 0 atom stereocenters. The lowest BCUT2D eigenvalue weighted by Crippen LogP contribution is -2.36. The smallest absolute Gasteiger partial charge is 0.244 e. The number of imidazole rings is 1. The van der Waals surface area contributed by atoms with Gasteiger partial charge in [0.25, 0.3) is 0 Å². The number of carbonyl (C=O) groups excluding carboxylic acids is 1. The summed E-state index contributed by atoms with van der Waals surface area (Å²) < 4.78 is 13.5. The van der Waals surface area contributed by atoms with E-state index in [1.165, 1.54) is 12.8 Å². The van der Waals surface area contributed by atoms with Gasteiger partial charge >= 0.3 is 0 Å². The Hall–Kier alpha value is -2.47. The van der Waals surface area contributed by atoms with Crippen molar-refractivity contribution in [2.45, 2.75) is 58.5 Å². The number of hydrogen-bond acceptors (Lipinski definition) is 4. The molecule has 1 aliphatic rings. The summed E-state index contributed by atoms with van der Waals surface area (Å²) in [5.74, 6) is 3.08. The highest BCUT2D eigenvalue weighted by molar-refractivity contribution is 5.92. The molecule has 6 nitrogen and oxygen atoms in total. The molecule has 1 heterocycles. The average Bonchev–Trinajstić information content (AvgIpc) is 3.22. The monoisotopic (exact) mass is 447 g/mol. The van der Waals surface area contributed by atoms with Crippen LogP contribution < -0.4 is 14.8 Å². The van der Waals surface area contributed by atoms with Crippen molar-refractivity contribution in [1.82, 2.24) is 14.9 Å². The maximum absolute atomic E-state index is 12.2. The van der Waals surface area contributed by atoms with Gasteiger partial charge in [-0.1, -0.05) is 13.0 Å². The Balaban J connectivity index is 0.00000341. The summed E-state index contributed by atoms with van der Waals surface area (Å²) in [6, 6.07) is 5.99. The van der Waals surface area contributed by atoms with Crippen molar-refractivity contribution in [3.63, 3.8) is 0 Å². The largest absolute Gasteiger partial charge is 0.493 e. The van der Waals surface area contributed by atoms with Crippen LogP contribution in [0.1, 0.15) is 50.9 Å². The van der Waals surface area contributed by atoms with E-state index in [2.05, 4.69) is 28.7 Å². The van der Waals surface area contributed by atoms with E-state index in [-0.39, 0.29) is 18.3 Å². The fraction of sp³-hybridized carbons (Fsp3) is 0.500. The van der Waals surface area contributed by atoms with E-state index in [9.17, 15) is 4.79 Å². The van der Waals surface area contributed by atoms with E-state index in [1.54, 1.807) is 13.2 Å². The molecule has 31 heavy (non-hydrogen) atoms. The Kier molecular flexibility index (Phi) is 9.92. The lowest BCUT2D eigenvalue weighted by molar-refractivity contribution is -0.117. The topological polar surface area (TPSA) is 65.4 Å². The molecule has 1 aromatic heterocycles. The first kappa shape index (κ1) is 24.8. The van der Waals surface area contributed by atoms with Gasteiger partial charge in [-0.15, -0.1) is 12.4 Å². The minimum Gasteiger partial charge on any atom is -0.493 e. The number of aromatic nitrogens is 2. The van der Waals surface area contributed by atoms with Crippen molar-refractivity contribution in [2.24, 2.45) is 5.92 Å². The van der Waals surface area contributed by atoms with Crippen LogP contribution in [0, 0.1) is 5.92 Å². The van der Waals surface area contributed by atoms with Crippen LogP contribution in [0.4, 0.5) is 0 Å². The molecular formula is C24H34ClN3O3. The number of ether oxygens (including phenoxy) is 2. The fourth-order valence-corrected chi connectivity index (χ4v) is 3.84. The van der Waals surface area contributed by atoms with Gasteiger partial charge in [0.05, 0.1) is 13.7 Å². The highest BCUT2D eigenvalue weighted by Gasteiger charge is 2.18. The Bertz CT molecular complexity index is 858. The van der Waals surface area contributed by atoms with E-state index in [1.807, 2.05) is 36.7 Å². The van der Waals surface area contributed by atoms with Crippen LogP contribution in [0.5, 0.6) is 11.5 Å². The number of nitrogens with zero attached hydrogens (tertiary/aromatic N) is 2. The van der Waals surface area contributed by atoms with Crippen molar-refractivity contribution < 1.29 is 14.3 Å². The SMILES string of the molecule is CCn1ccnc1CCOc1ccc(C=CC(=O)N[C@H]2CC[C@H](C)CC2)cc1OC.Cl. The predicted molar refractivity (Wildman–Crippen MR) is 126 cm³/mol. The molecule has 3 rings (SSSR count). The van der Waals surface area contributed by atoms with Crippen LogP contribution >= 0.6 is 12.4 Å². The molecule has 1 aliphatic carbocycles. The van der Waals surface area contributed by atoms with Gasteiger partial charge in [-0.25, -0.2) is 4.98 Å². The maximum Gasteiger partial charge on any atom is 0.244 e. The van der Waals surface area contributed by atoms with Crippen LogP contribution in [0.15, 0.2) is 36.7 Å². The molecule has 1 fully saturated rings. The van der Waals surface area contributed by atoms with E-state index in [4.69, 9.17) is 9.47 Å². The number of rotatable bonds is 9. The summed E-state index contributed by atoms with van der Waals surface area (Å²) in [6.45, 7) is 5.79. The maximum atomic E-state index is 12.2. The normalized spacial score (nSPS) is 18.4. The Morgan fingerprint density at radius 1 is 1.26 bits per heavy atom. The van der Waals surface area contributed by atoms with Gasteiger partial charge in [0, 0.05) is 37.5 Å². The Labute approximate surface area is 191 Å². The first-order valence-electron chi connectivity index (χ1n) is 10.9. The van der Waals surface area contributed by atoms with E-state index in [0.717, 1.165) is 43.1 Å². The molecule has 0 saturated heterocycles. The second-order valence-electron chi connectivity index (χ2n) is 7.94. The van der Waals surface area contributed by atoms with Crippen molar-refractivity contribution >= 4 is 24.4 Å². The Morgan fingerprint density at radius 3 is 2.74 bits per heavy atom. The predicted octanol–water partition coefficient (Wildman–Crippen LogP) is 4.66. The first-order valence-corrected chi connectivity index (χ1v) is 10.9. The van der Waals surface area contributed by atoms with Crippen molar-refractivity contribution in [2.75, 3.05) is 13.7 Å². The van der Waals surface area contributed by atoms with Gasteiger partial charge in [-0.3, -0.25) is 4.79 Å². The molecular weight excluding hydrogens is 414 g/mol. The Morgan fingerprint density at radius 2 is 2.03 bits per heavy atom. The van der Waals surface area contributed by atoms with Gasteiger partial charge in [0.2, 0.25) is 5.91 Å². The number of carbonyl (C=O) groups is 1. The summed E-state index contributed by atoms with van der Waals surface area (Å²) in [7, 11) is 1.62. The quantitative estimate of drug-likeness (QED) is 0.567. The molecule has 170 valence electrons. The lowest BCUT2D eigenvalue weighted by atomic mass is 9.87. The van der Waals surface area contributed by atoms with Gasteiger partial charge in [0.1, 0.15) is 5.82 Å². The van der Waals surface area contributed by atoms with Crippen LogP contribution in [-0.4, -0.2) is 35.2 Å². The highest BCUT2D eigenvalue weighted by atomic mass is 35.5. The number of nitrogens with one attached hydrogen (secondary N) is 1. The van der Waals surface area contributed by atoms with E-state index >= 15 is 0 Å². The number of aryl methyl sites for hydroxylation is 1. The number of benzene rings is 1. The van der Waals surface area contributed by atoms with Crippen molar-refractivity contribution in [1.29, 1.82) is 0 Å². The van der Waals surface area contributed by atoms with Gasteiger partial charge in [0.15, 0.2) is 11.5 Å². The second-order valence-corrected chi connectivity index (χ2v) is 7.94. The number of halogens is 1. The van der Waals surface area contributed by atoms with Crippen LogP contribution in [0.2, 0.25) is 0 Å². The molecule has 0 aliphatic heterocycles. The molecule has 0 unspecified atom stereocenters. The van der Waals surface area contributed by atoms with E-state index in [0.29, 0.717) is 24.1 Å². The number of hydrogen-bond donors (Lipinski definition) is 1. The molecule has 2 aromatic rings. The van der Waals surface area contributed by atoms with Gasteiger partial charge in [-0.05, 0) is 62.3 Å². The third kappa shape index (κ3) is 7.31. The zero-order chi connectivity index (χ0) is 21.3. The summed E-state index contributed by atoms with van der Waals surface area (Å²) in [6.07, 6.45) is 12.4. The standard InChI is InChI=1S/C24H33N3O3.ClH/c1-4-27-15-14-25-23(27)13-16-30-21-11-7-19(17-22(21)29-3)8-12-24(28)26-20-9-5-18(2)6-10-20;/h7-8,11-12,14-15,17-18,20H,4-6,9-10,13,16H2,1-3H3,(H,26,28);1H/t18-,20-;. The first-order chi connectivity index (χ1) is 14.6. The molecule has 0 bridgehead atoms. The molecule has 7 heteroatoms. The number of amides is 1. The van der Waals surface area contributed by atoms with Crippen molar-refractivity contribution in [3.8, 4) is 11.5 Å². The summed E-state index contributed by atoms with van der Waals surface area (Å²) in [5.41, 5.74) is 0.896. The minimum absolute atomic E-state index is 0. The second kappa shape index (κ2) is 12.4. The third-order valence-corrected chi connectivity index (χ3v) is 5.70. The van der Waals surface area contributed by atoms with E-state index < -0.39 is 0 Å². The van der Waals surface area contributed by atoms with Crippen LogP contribution in [-0.2, 0) is 17.8 Å².